The van der Waals surface area contributed by atoms with Gasteiger partial charge in [0.2, 0.25) is 10.0 Å². The van der Waals surface area contributed by atoms with E-state index in [9.17, 15) is 8.42 Å². The summed E-state index contributed by atoms with van der Waals surface area (Å²) in [5.41, 5.74) is 0. The van der Waals surface area contributed by atoms with E-state index in [4.69, 9.17) is 0 Å². The minimum atomic E-state index is -3.48. The van der Waals surface area contributed by atoms with Crippen LogP contribution in [0.3, 0.4) is 0 Å². The molecule has 0 saturated carbocycles. The van der Waals surface area contributed by atoms with Crippen LogP contribution in [0.1, 0.15) is 34.6 Å². The summed E-state index contributed by atoms with van der Waals surface area (Å²) < 4.78 is 28.6. The van der Waals surface area contributed by atoms with Gasteiger partial charge in [-0.3, -0.25) is 4.68 Å². The lowest BCUT2D eigenvalue weighted by Crippen LogP contribution is -2.39. The third-order valence-corrected chi connectivity index (χ3v) is 5.10. The second-order valence-electron chi connectivity index (χ2n) is 5.85. The fraction of sp³-hybridized carbons (Fsp3) is 0.786. The summed E-state index contributed by atoms with van der Waals surface area (Å²) in [6, 6.07) is -0.0671. The lowest BCUT2D eigenvalue weighted by molar-refractivity contribution is 0.319. The van der Waals surface area contributed by atoms with Gasteiger partial charge in [0, 0.05) is 25.3 Å². The zero-order valence-corrected chi connectivity index (χ0v) is 14.5. The zero-order valence-electron chi connectivity index (χ0n) is 13.7. The van der Waals surface area contributed by atoms with E-state index in [1.54, 1.807) is 15.2 Å². The van der Waals surface area contributed by atoms with Crippen LogP contribution < -0.4 is 5.32 Å². The smallest absolute Gasteiger partial charge is 0.246 e. The number of hydrogen-bond acceptors (Lipinski definition) is 4. The van der Waals surface area contributed by atoms with Crippen LogP contribution in [0.4, 0.5) is 0 Å². The Balaban J connectivity index is 2.90. The molecule has 1 rings (SSSR count). The number of nitrogens with one attached hydrogen (secondary N) is 1. The largest absolute Gasteiger partial charge is 0.315 e. The van der Waals surface area contributed by atoms with Gasteiger partial charge < -0.3 is 5.32 Å². The van der Waals surface area contributed by atoms with Crippen LogP contribution >= 0.6 is 0 Å². The van der Waals surface area contributed by atoms with E-state index >= 15 is 0 Å². The monoisotopic (exact) mass is 316 g/mol. The van der Waals surface area contributed by atoms with E-state index < -0.39 is 10.0 Å². The van der Waals surface area contributed by atoms with Crippen molar-refractivity contribution in [3.63, 3.8) is 0 Å². The highest BCUT2D eigenvalue weighted by Gasteiger charge is 2.28. The molecule has 0 fully saturated rings. The van der Waals surface area contributed by atoms with Crippen molar-refractivity contribution < 1.29 is 8.42 Å². The summed E-state index contributed by atoms with van der Waals surface area (Å²) in [5, 5.41) is 7.34. The minimum absolute atomic E-state index is 0.0671. The molecule has 0 unspecified atom stereocenters. The number of rotatable bonds is 9. The van der Waals surface area contributed by atoms with E-state index in [0.717, 1.165) is 13.1 Å². The summed E-state index contributed by atoms with van der Waals surface area (Å²) in [7, 11) is -3.48. The van der Waals surface area contributed by atoms with E-state index in [-0.39, 0.29) is 16.9 Å². The molecular formula is C14H28N4O2S. The Kier molecular flexibility index (Phi) is 6.83. The standard InChI is InChI=1S/C14H28N4O2S/c1-6-15-7-8-17-11-14(9-16-17)21(19,20)18(13(4)5)10-12(2)3/h9,11-13,15H,6-8,10H2,1-5H3. The Morgan fingerprint density at radius 1 is 1.33 bits per heavy atom. The van der Waals surface area contributed by atoms with E-state index in [0.29, 0.717) is 13.1 Å². The van der Waals surface area contributed by atoms with Crippen molar-refractivity contribution in [2.45, 2.75) is 52.1 Å². The molecule has 0 radical (unpaired) electrons. The molecular weight excluding hydrogens is 288 g/mol. The topological polar surface area (TPSA) is 67.2 Å². The fourth-order valence-electron chi connectivity index (χ4n) is 2.05. The van der Waals surface area contributed by atoms with Crippen LogP contribution in [0.15, 0.2) is 17.3 Å². The maximum absolute atomic E-state index is 12.7. The molecule has 0 aromatic carbocycles. The van der Waals surface area contributed by atoms with Crippen molar-refractivity contribution in [2.24, 2.45) is 5.92 Å². The fourth-order valence-corrected chi connectivity index (χ4v) is 3.81. The summed E-state index contributed by atoms with van der Waals surface area (Å²) in [5.74, 6) is 0.283. The molecule has 0 aliphatic carbocycles. The maximum atomic E-state index is 12.7. The average Bonchev–Trinajstić information content (AvgIpc) is 2.85. The van der Waals surface area contributed by atoms with Gasteiger partial charge in [0.1, 0.15) is 4.90 Å². The van der Waals surface area contributed by atoms with Crippen molar-refractivity contribution in [1.29, 1.82) is 0 Å². The molecule has 1 aromatic heterocycles. The highest BCUT2D eigenvalue weighted by Crippen LogP contribution is 2.19. The second kappa shape index (κ2) is 7.91. The van der Waals surface area contributed by atoms with Gasteiger partial charge in [-0.1, -0.05) is 20.8 Å². The number of nitrogens with zero attached hydrogens (tertiary/aromatic N) is 3. The first-order chi connectivity index (χ1) is 9.78. The van der Waals surface area contributed by atoms with Crippen molar-refractivity contribution in [3.8, 4) is 0 Å². The predicted octanol–water partition coefficient (Wildman–Crippen LogP) is 1.55. The Hall–Kier alpha value is -0.920. The summed E-state index contributed by atoms with van der Waals surface area (Å²) >= 11 is 0. The normalized spacial score (nSPS) is 12.8. The van der Waals surface area contributed by atoms with Crippen LogP contribution in [-0.4, -0.2) is 48.2 Å². The number of likely N-dealkylation sites (N-methyl/N-ethyl adjacent to an activating group) is 1. The van der Waals surface area contributed by atoms with Gasteiger partial charge in [-0.2, -0.15) is 9.40 Å². The lowest BCUT2D eigenvalue weighted by atomic mass is 10.2. The molecule has 122 valence electrons. The highest BCUT2D eigenvalue weighted by atomic mass is 32.2. The van der Waals surface area contributed by atoms with Gasteiger partial charge in [0.25, 0.3) is 0 Å². The summed E-state index contributed by atoms with van der Waals surface area (Å²) in [6.07, 6.45) is 3.05. The molecule has 0 spiro atoms. The molecule has 0 saturated heterocycles. The predicted molar refractivity (Wildman–Crippen MR) is 84.6 cm³/mol. The second-order valence-corrected chi connectivity index (χ2v) is 7.75. The van der Waals surface area contributed by atoms with Gasteiger partial charge >= 0.3 is 0 Å². The van der Waals surface area contributed by atoms with E-state index in [1.807, 2.05) is 34.6 Å². The molecule has 0 amide bonds. The SMILES string of the molecule is CCNCCn1cc(S(=O)(=O)N(CC(C)C)C(C)C)cn1. The summed E-state index contributed by atoms with van der Waals surface area (Å²) in [6.45, 7) is 12.7. The third kappa shape index (κ3) is 5.09. The molecule has 1 N–H and O–H groups in total. The van der Waals surface area contributed by atoms with E-state index in [1.165, 1.54) is 6.20 Å². The van der Waals surface area contributed by atoms with Gasteiger partial charge in [-0.05, 0) is 26.3 Å². The molecule has 0 atom stereocenters. The van der Waals surface area contributed by atoms with Crippen LogP contribution in [-0.2, 0) is 16.6 Å². The quantitative estimate of drug-likeness (QED) is 0.702. The van der Waals surface area contributed by atoms with Gasteiger partial charge in [-0.25, -0.2) is 8.42 Å². The molecule has 21 heavy (non-hydrogen) atoms. The zero-order chi connectivity index (χ0) is 16.0. The van der Waals surface area contributed by atoms with Crippen LogP contribution in [0.25, 0.3) is 0 Å². The van der Waals surface area contributed by atoms with Crippen molar-refractivity contribution in [2.75, 3.05) is 19.6 Å². The molecule has 1 heterocycles. The Labute approximate surface area is 128 Å². The van der Waals surface area contributed by atoms with Crippen LogP contribution in [0.2, 0.25) is 0 Å². The van der Waals surface area contributed by atoms with E-state index in [2.05, 4.69) is 10.4 Å². The first-order valence-electron chi connectivity index (χ1n) is 7.54. The maximum Gasteiger partial charge on any atom is 0.246 e. The van der Waals surface area contributed by atoms with Crippen molar-refractivity contribution in [3.05, 3.63) is 12.4 Å². The van der Waals surface area contributed by atoms with Gasteiger partial charge in [-0.15, -0.1) is 0 Å². The number of hydrogen-bond donors (Lipinski definition) is 1. The Bertz CT molecular complexity index is 523. The number of sulfonamides is 1. The number of aromatic nitrogens is 2. The van der Waals surface area contributed by atoms with Gasteiger partial charge in [0.15, 0.2) is 0 Å². The molecule has 6 nitrogen and oxygen atoms in total. The first kappa shape index (κ1) is 18.1. The minimum Gasteiger partial charge on any atom is -0.315 e. The third-order valence-electron chi connectivity index (χ3n) is 3.10. The summed E-state index contributed by atoms with van der Waals surface area (Å²) in [4.78, 5) is 0.272. The molecule has 0 aliphatic rings. The van der Waals surface area contributed by atoms with Crippen molar-refractivity contribution >= 4 is 10.0 Å². The molecule has 1 aromatic rings. The van der Waals surface area contributed by atoms with Crippen molar-refractivity contribution in [1.82, 2.24) is 19.4 Å². The van der Waals surface area contributed by atoms with Gasteiger partial charge in [0.05, 0.1) is 12.7 Å². The average molecular weight is 316 g/mol. The Morgan fingerprint density at radius 3 is 2.52 bits per heavy atom. The Morgan fingerprint density at radius 2 is 2.00 bits per heavy atom. The van der Waals surface area contributed by atoms with Crippen LogP contribution in [0, 0.1) is 5.92 Å². The molecule has 7 heteroatoms. The first-order valence-corrected chi connectivity index (χ1v) is 8.98. The lowest BCUT2D eigenvalue weighted by Gasteiger charge is -2.26. The molecule has 0 aliphatic heterocycles. The highest BCUT2D eigenvalue weighted by molar-refractivity contribution is 7.89. The van der Waals surface area contributed by atoms with Crippen LogP contribution in [0.5, 0.6) is 0 Å². The molecule has 0 bridgehead atoms.